The molecule has 6 heteroatoms. The zero-order valence-corrected chi connectivity index (χ0v) is 32.3. The molecule has 0 bridgehead atoms. The molecule has 0 aliphatic rings. The van der Waals surface area contributed by atoms with Crippen molar-refractivity contribution >= 4 is 54.5 Å². The second-order valence-corrected chi connectivity index (χ2v) is 15.1. The van der Waals surface area contributed by atoms with Crippen LogP contribution in [0.5, 0.6) is 0 Å². The molecule has 12 aromatic rings. The minimum atomic E-state index is 0.666. The summed E-state index contributed by atoms with van der Waals surface area (Å²) in [6.07, 6.45) is 1.63. The minimum absolute atomic E-state index is 0.666. The molecule has 0 saturated heterocycles. The number of aromatic nitrogens is 6. The van der Waals surface area contributed by atoms with Crippen LogP contribution in [0.2, 0.25) is 0 Å². The van der Waals surface area contributed by atoms with Crippen LogP contribution < -0.4 is 0 Å². The van der Waals surface area contributed by atoms with Crippen molar-refractivity contribution in [3.63, 3.8) is 0 Å². The SMILES string of the molecule is c1ccc(-c2nc(-c3cc(-c4ccc(-n5c6ccccc6c6ccc(-c7ccc8c(c7)c7ccccc7n8-c7ccccc7)cc65)cc4)ncn3)c3ccccc3n2)cc1. The van der Waals surface area contributed by atoms with E-state index in [-0.39, 0.29) is 0 Å². The third kappa shape index (κ3) is 5.50. The lowest BCUT2D eigenvalue weighted by atomic mass is 10.0. The van der Waals surface area contributed by atoms with Crippen molar-refractivity contribution in [1.29, 1.82) is 0 Å². The van der Waals surface area contributed by atoms with Crippen molar-refractivity contribution in [3.8, 4) is 56.5 Å². The van der Waals surface area contributed by atoms with Crippen LogP contribution in [0.4, 0.5) is 0 Å². The Morgan fingerprint density at radius 2 is 0.867 bits per heavy atom. The van der Waals surface area contributed by atoms with Crippen LogP contribution in [-0.4, -0.2) is 29.1 Å². The van der Waals surface area contributed by atoms with Crippen LogP contribution in [0, 0.1) is 0 Å². The molecular formula is C54H34N6. The van der Waals surface area contributed by atoms with E-state index in [1.54, 1.807) is 6.33 Å². The Kier molecular flexibility index (Phi) is 7.74. The maximum absolute atomic E-state index is 5.05. The summed E-state index contributed by atoms with van der Waals surface area (Å²) >= 11 is 0. The van der Waals surface area contributed by atoms with Crippen LogP contribution in [-0.2, 0) is 0 Å². The molecule has 8 aromatic carbocycles. The Labute approximate surface area is 345 Å². The van der Waals surface area contributed by atoms with Gasteiger partial charge in [0.2, 0.25) is 0 Å². The number of hydrogen-bond acceptors (Lipinski definition) is 4. The normalized spacial score (nSPS) is 11.7. The molecule has 0 atom stereocenters. The first-order chi connectivity index (χ1) is 29.7. The van der Waals surface area contributed by atoms with E-state index < -0.39 is 0 Å². The van der Waals surface area contributed by atoms with Gasteiger partial charge in [-0.3, -0.25) is 0 Å². The summed E-state index contributed by atoms with van der Waals surface area (Å²) in [4.78, 5) is 19.4. The monoisotopic (exact) mass is 766 g/mol. The van der Waals surface area contributed by atoms with Gasteiger partial charge >= 0.3 is 0 Å². The van der Waals surface area contributed by atoms with Crippen LogP contribution in [0.25, 0.3) is 111 Å². The summed E-state index contributed by atoms with van der Waals surface area (Å²) < 4.78 is 4.74. The Hall–Kier alpha value is -8.22. The van der Waals surface area contributed by atoms with E-state index in [4.69, 9.17) is 19.9 Å². The molecule has 0 amide bonds. The highest BCUT2D eigenvalue weighted by Crippen LogP contribution is 2.39. The quantitative estimate of drug-likeness (QED) is 0.169. The van der Waals surface area contributed by atoms with Crippen LogP contribution >= 0.6 is 0 Å². The van der Waals surface area contributed by atoms with E-state index in [1.165, 1.54) is 43.7 Å². The predicted molar refractivity (Wildman–Crippen MR) is 246 cm³/mol. The fraction of sp³-hybridized carbons (Fsp3) is 0. The standard InChI is InChI=1S/C54H34N6/c1-3-13-36(14-4-1)54-57-46-20-10-7-19-44(46)53(58-54)48-33-47(55-34-56-48)35-23-27-40(28-24-35)60-49-21-11-8-17-41(49)43-29-25-38(32-52(43)60)37-26-30-51-45(31-37)42-18-9-12-22-50(42)59(51)39-15-5-2-6-16-39/h1-34H. The number of hydrogen-bond donors (Lipinski definition) is 0. The average Bonchev–Trinajstić information content (AvgIpc) is 3.84. The Morgan fingerprint density at radius 1 is 0.317 bits per heavy atom. The van der Waals surface area contributed by atoms with Gasteiger partial charge in [0.25, 0.3) is 0 Å². The van der Waals surface area contributed by atoms with E-state index >= 15 is 0 Å². The van der Waals surface area contributed by atoms with E-state index in [9.17, 15) is 0 Å². The molecule has 0 fully saturated rings. The summed E-state index contributed by atoms with van der Waals surface area (Å²) in [6.45, 7) is 0. The number of benzene rings is 8. The molecule has 4 aromatic heterocycles. The fourth-order valence-electron chi connectivity index (χ4n) is 8.85. The van der Waals surface area contributed by atoms with Crippen LogP contribution in [0.15, 0.2) is 207 Å². The van der Waals surface area contributed by atoms with Crippen LogP contribution in [0.1, 0.15) is 0 Å². The molecule has 0 aliphatic carbocycles. The average molecular weight is 767 g/mol. The first kappa shape index (κ1) is 33.9. The van der Waals surface area contributed by atoms with Crippen molar-refractivity contribution in [2.75, 3.05) is 0 Å². The largest absolute Gasteiger partial charge is 0.309 e. The number of para-hydroxylation sites is 4. The van der Waals surface area contributed by atoms with Gasteiger partial charge in [0.1, 0.15) is 12.0 Å². The van der Waals surface area contributed by atoms with Gasteiger partial charge in [0.15, 0.2) is 5.82 Å². The molecule has 4 heterocycles. The lowest BCUT2D eigenvalue weighted by molar-refractivity contribution is 1.14. The highest BCUT2D eigenvalue weighted by molar-refractivity contribution is 6.12. The molecule has 60 heavy (non-hydrogen) atoms. The molecule has 0 aliphatic heterocycles. The first-order valence-corrected chi connectivity index (χ1v) is 20.1. The molecule has 280 valence electrons. The Balaban J connectivity index is 0.947. The Morgan fingerprint density at radius 3 is 1.65 bits per heavy atom. The van der Waals surface area contributed by atoms with Crippen LogP contribution in [0.3, 0.4) is 0 Å². The van der Waals surface area contributed by atoms with Crippen molar-refractivity contribution in [2.24, 2.45) is 0 Å². The second-order valence-electron chi connectivity index (χ2n) is 15.1. The lowest BCUT2D eigenvalue weighted by Crippen LogP contribution is -1.98. The third-order valence-electron chi connectivity index (χ3n) is 11.7. The van der Waals surface area contributed by atoms with E-state index in [0.717, 1.165) is 61.5 Å². The number of nitrogens with zero attached hydrogens (tertiary/aromatic N) is 6. The maximum atomic E-state index is 5.05. The summed E-state index contributed by atoms with van der Waals surface area (Å²) in [7, 11) is 0. The second kappa shape index (κ2) is 13.7. The first-order valence-electron chi connectivity index (χ1n) is 20.1. The zero-order valence-electron chi connectivity index (χ0n) is 32.3. The minimum Gasteiger partial charge on any atom is -0.309 e. The van der Waals surface area contributed by atoms with Gasteiger partial charge < -0.3 is 9.13 Å². The van der Waals surface area contributed by atoms with Crippen molar-refractivity contribution in [3.05, 3.63) is 207 Å². The molecule has 0 radical (unpaired) electrons. The third-order valence-corrected chi connectivity index (χ3v) is 11.7. The van der Waals surface area contributed by atoms with E-state index in [2.05, 4.69) is 155 Å². The van der Waals surface area contributed by atoms with Gasteiger partial charge in [-0.1, -0.05) is 133 Å². The summed E-state index contributed by atoms with van der Waals surface area (Å²) in [5, 5.41) is 5.86. The summed E-state index contributed by atoms with van der Waals surface area (Å²) in [5.74, 6) is 0.666. The molecular weight excluding hydrogens is 733 g/mol. The van der Waals surface area contributed by atoms with Crippen molar-refractivity contribution in [2.45, 2.75) is 0 Å². The molecule has 0 spiro atoms. The zero-order chi connectivity index (χ0) is 39.6. The maximum Gasteiger partial charge on any atom is 0.160 e. The van der Waals surface area contributed by atoms with E-state index in [1.807, 2.05) is 54.6 Å². The molecule has 12 rings (SSSR count). The summed E-state index contributed by atoms with van der Waals surface area (Å²) in [6, 6.07) is 70.6. The lowest BCUT2D eigenvalue weighted by Gasteiger charge is -2.11. The Bertz CT molecular complexity index is 3590. The van der Waals surface area contributed by atoms with Crippen molar-refractivity contribution < 1.29 is 0 Å². The van der Waals surface area contributed by atoms with Gasteiger partial charge in [-0.15, -0.1) is 0 Å². The van der Waals surface area contributed by atoms with Gasteiger partial charge in [-0.05, 0) is 77.9 Å². The molecule has 6 nitrogen and oxygen atoms in total. The van der Waals surface area contributed by atoms with Gasteiger partial charge in [0, 0.05) is 49.4 Å². The molecule has 0 unspecified atom stereocenters. The van der Waals surface area contributed by atoms with Crippen molar-refractivity contribution in [1.82, 2.24) is 29.1 Å². The highest BCUT2D eigenvalue weighted by atomic mass is 15.0. The number of rotatable bonds is 6. The molecule has 0 N–H and O–H groups in total. The van der Waals surface area contributed by atoms with Gasteiger partial charge in [0.05, 0.1) is 39.0 Å². The topological polar surface area (TPSA) is 61.4 Å². The highest BCUT2D eigenvalue weighted by Gasteiger charge is 2.18. The summed E-state index contributed by atoms with van der Waals surface area (Å²) in [5.41, 5.74) is 14.5. The van der Waals surface area contributed by atoms with Gasteiger partial charge in [-0.25, -0.2) is 19.9 Å². The fourth-order valence-corrected chi connectivity index (χ4v) is 8.85. The van der Waals surface area contributed by atoms with E-state index in [0.29, 0.717) is 5.82 Å². The predicted octanol–water partition coefficient (Wildman–Crippen LogP) is 13.3. The smallest absolute Gasteiger partial charge is 0.160 e. The number of fused-ring (bicyclic) bond motifs is 7. The van der Waals surface area contributed by atoms with Gasteiger partial charge in [-0.2, -0.15) is 0 Å². The molecule has 0 saturated carbocycles.